The van der Waals surface area contributed by atoms with Gasteiger partial charge in [-0.2, -0.15) is 5.10 Å². The summed E-state index contributed by atoms with van der Waals surface area (Å²) in [5.41, 5.74) is 3.42. The summed E-state index contributed by atoms with van der Waals surface area (Å²) in [5, 5.41) is 9.58. The van der Waals surface area contributed by atoms with E-state index in [2.05, 4.69) is 15.5 Å². The Morgan fingerprint density at radius 2 is 2.07 bits per heavy atom. The molecule has 0 aliphatic rings. The molecule has 1 heterocycles. The molecule has 1 aromatic rings. The quantitative estimate of drug-likeness (QED) is 0.705. The number of hydrogen-bond donors (Lipinski definition) is 2. The number of carbonyl (C=O) groups is 1. The number of amides is 1. The minimum absolute atomic E-state index is 0.113. The van der Waals surface area contributed by atoms with Crippen molar-refractivity contribution in [3.63, 3.8) is 0 Å². The standard InChI is InChI=1S/C10H15N3O/c1-6(2)5-9(14)11-10-7(3)12-13-8(10)4/h5H,1-4H3,(H,11,14)(H,12,13). The minimum atomic E-state index is -0.113. The van der Waals surface area contributed by atoms with Crippen LogP contribution in [0.15, 0.2) is 11.6 Å². The molecule has 0 fully saturated rings. The number of H-pyrrole nitrogens is 1. The Hall–Kier alpha value is -1.58. The molecule has 1 rings (SSSR count). The highest BCUT2D eigenvalue weighted by molar-refractivity contribution is 6.00. The fourth-order valence-corrected chi connectivity index (χ4v) is 1.16. The Bertz CT molecular complexity index is 353. The van der Waals surface area contributed by atoms with E-state index in [1.165, 1.54) is 0 Å². The van der Waals surface area contributed by atoms with Crippen LogP contribution in [0, 0.1) is 13.8 Å². The molecule has 14 heavy (non-hydrogen) atoms. The Morgan fingerprint density at radius 1 is 1.43 bits per heavy atom. The van der Waals surface area contributed by atoms with Crippen molar-refractivity contribution < 1.29 is 4.79 Å². The molecule has 0 aliphatic heterocycles. The summed E-state index contributed by atoms with van der Waals surface area (Å²) in [6, 6.07) is 0. The van der Waals surface area contributed by atoms with E-state index in [9.17, 15) is 4.79 Å². The first kappa shape index (κ1) is 10.5. The van der Waals surface area contributed by atoms with Gasteiger partial charge in [0.15, 0.2) is 0 Å². The van der Waals surface area contributed by atoms with Crippen molar-refractivity contribution in [2.24, 2.45) is 0 Å². The lowest BCUT2D eigenvalue weighted by Gasteiger charge is -2.01. The molecule has 1 amide bonds. The molecule has 0 unspecified atom stereocenters. The third kappa shape index (κ3) is 2.45. The lowest BCUT2D eigenvalue weighted by molar-refractivity contribution is -0.112. The Labute approximate surface area is 83.4 Å². The molecular weight excluding hydrogens is 178 g/mol. The van der Waals surface area contributed by atoms with Gasteiger partial charge >= 0.3 is 0 Å². The van der Waals surface area contributed by atoms with Crippen LogP contribution in [0.1, 0.15) is 25.2 Å². The molecule has 4 nitrogen and oxygen atoms in total. The third-order valence-electron chi connectivity index (χ3n) is 1.80. The normalized spacial score (nSPS) is 9.71. The van der Waals surface area contributed by atoms with Crippen LogP contribution in [-0.4, -0.2) is 16.1 Å². The van der Waals surface area contributed by atoms with E-state index in [0.717, 1.165) is 22.6 Å². The van der Waals surface area contributed by atoms with Crippen molar-refractivity contribution in [1.29, 1.82) is 0 Å². The maximum Gasteiger partial charge on any atom is 0.248 e. The summed E-state index contributed by atoms with van der Waals surface area (Å²) in [6.45, 7) is 7.49. The highest BCUT2D eigenvalue weighted by Gasteiger charge is 2.07. The smallest absolute Gasteiger partial charge is 0.248 e. The predicted molar refractivity (Wildman–Crippen MR) is 56.1 cm³/mol. The van der Waals surface area contributed by atoms with Gasteiger partial charge in [0.25, 0.3) is 0 Å². The van der Waals surface area contributed by atoms with Crippen molar-refractivity contribution >= 4 is 11.6 Å². The van der Waals surface area contributed by atoms with E-state index >= 15 is 0 Å². The molecule has 0 radical (unpaired) electrons. The first-order valence-electron chi connectivity index (χ1n) is 4.48. The summed E-state index contributed by atoms with van der Waals surface area (Å²) in [5.74, 6) is -0.113. The van der Waals surface area contributed by atoms with Crippen molar-refractivity contribution in [3.05, 3.63) is 23.0 Å². The second kappa shape index (κ2) is 4.09. The topological polar surface area (TPSA) is 57.8 Å². The minimum Gasteiger partial charge on any atom is -0.319 e. The van der Waals surface area contributed by atoms with Crippen LogP contribution in [0.5, 0.6) is 0 Å². The summed E-state index contributed by atoms with van der Waals surface area (Å²) < 4.78 is 0. The number of aromatic amines is 1. The second-order valence-electron chi connectivity index (χ2n) is 3.52. The molecule has 0 atom stereocenters. The van der Waals surface area contributed by atoms with Crippen molar-refractivity contribution in [1.82, 2.24) is 10.2 Å². The van der Waals surface area contributed by atoms with Gasteiger partial charge in [-0.15, -0.1) is 0 Å². The van der Waals surface area contributed by atoms with Crippen molar-refractivity contribution in [2.75, 3.05) is 5.32 Å². The van der Waals surface area contributed by atoms with Crippen LogP contribution in [0.25, 0.3) is 0 Å². The number of carbonyl (C=O) groups excluding carboxylic acids is 1. The third-order valence-corrected chi connectivity index (χ3v) is 1.80. The molecule has 0 bridgehead atoms. The lowest BCUT2D eigenvalue weighted by Crippen LogP contribution is -2.09. The van der Waals surface area contributed by atoms with Crippen molar-refractivity contribution in [3.8, 4) is 0 Å². The highest BCUT2D eigenvalue weighted by Crippen LogP contribution is 2.15. The van der Waals surface area contributed by atoms with E-state index in [-0.39, 0.29) is 5.91 Å². The van der Waals surface area contributed by atoms with Crippen LogP contribution >= 0.6 is 0 Å². The fraction of sp³-hybridized carbons (Fsp3) is 0.400. The van der Waals surface area contributed by atoms with Crippen LogP contribution in [-0.2, 0) is 4.79 Å². The number of aryl methyl sites for hydroxylation is 2. The van der Waals surface area contributed by atoms with E-state index in [0.29, 0.717) is 0 Å². The van der Waals surface area contributed by atoms with Gasteiger partial charge in [-0.05, 0) is 27.7 Å². The van der Waals surface area contributed by atoms with Gasteiger partial charge in [0.1, 0.15) is 0 Å². The SMILES string of the molecule is CC(C)=CC(=O)Nc1c(C)n[nH]c1C. The maximum absolute atomic E-state index is 11.4. The molecule has 0 saturated carbocycles. The number of aromatic nitrogens is 2. The number of nitrogens with one attached hydrogen (secondary N) is 2. The van der Waals surface area contributed by atoms with E-state index in [1.54, 1.807) is 6.08 Å². The van der Waals surface area contributed by atoms with Gasteiger partial charge in [-0.25, -0.2) is 0 Å². The number of nitrogens with zero attached hydrogens (tertiary/aromatic N) is 1. The van der Waals surface area contributed by atoms with Crippen molar-refractivity contribution in [2.45, 2.75) is 27.7 Å². The van der Waals surface area contributed by atoms with E-state index < -0.39 is 0 Å². The van der Waals surface area contributed by atoms with Crippen LogP contribution in [0.2, 0.25) is 0 Å². The number of anilines is 1. The summed E-state index contributed by atoms with van der Waals surface area (Å²) in [6.07, 6.45) is 1.56. The zero-order chi connectivity index (χ0) is 10.7. The average molecular weight is 193 g/mol. The first-order valence-corrected chi connectivity index (χ1v) is 4.48. The molecule has 76 valence electrons. The van der Waals surface area contributed by atoms with E-state index in [4.69, 9.17) is 0 Å². The zero-order valence-electron chi connectivity index (χ0n) is 8.93. The second-order valence-corrected chi connectivity index (χ2v) is 3.52. The fourth-order valence-electron chi connectivity index (χ4n) is 1.16. The Balaban J connectivity index is 2.79. The largest absolute Gasteiger partial charge is 0.319 e. The molecule has 0 aliphatic carbocycles. The number of rotatable bonds is 2. The van der Waals surface area contributed by atoms with E-state index in [1.807, 2.05) is 27.7 Å². The predicted octanol–water partition coefficient (Wildman–Crippen LogP) is 1.93. The van der Waals surface area contributed by atoms with Crippen LogP contribution in [0.3, 0.4) is 0 Å². The first-order chi connectivity index (χ1) is 6.50. The van der Waals surface area contributed by atoms with Gasteiger partial charge in [0, 0.05) is 6.08 Å². The molecular formula is C10H15N3O. The highest BCUT2D eigenvalue weighted by atomic mass is 16.1. The average Bonchev–Trinajstić information content (AvgIpc) is 2.34. The number of allylic oxidation sites excluding steroid dienone is 1. The molecule has 2 N–H and O–H groups in total. The van der Waals surface area contributed by atoms with Gasteiger partial charge in [0.2, 0.25) is 5.91 Å². The Kier molecular flexibility index (Phi) is 3.06. The monoisotopic (exact) mass is 193 g/mol. The lowest BCUT2D eigenvalue weighted by atomic mass is 10.3. The van der Waals surface area contributed by atoms with Gasteiger partial charge < -0.3 is 5.32 Å². The van der Waals surface area contributed by atoms with Crippen LogP contribution in [0.4, 0.5) is 5.69 Å². The molecule has 0 spiro atoms. The van der Waals surface area contributed by atoms with Gasteiger partial charge in [-0.1, -0.05) is 5.57 Å². The summed E-state index contributed by atoms with van der Waals surface area (Å²) >= 11 is 0. The molecule has 0 saturated heterocycles. The Morgan fingerprint density at radius 3 is 2.50 bits per heavy atom. The zero-order valence-corrected chi connectivity index (χ0v) is 8.93. The maximum atomic E-state index is 11.4. The van der Waals surface area contributed by atoms with Crippen LogP contribution < -0.4 is 5.32 Å². The summed E-state index contributed by atoms with van der Waals surface area (Å²) in [7, 11) is 0. The molecule has 4 heteroatoms. The van der Waals surface area contributed by atoms with Gasteiger partial charge in [0.05, 0.1) is 17.1 Å². The molecule has 1 aromatic heterocycles. The molecule has 0 aromatic carbocycles. The number of hydrogen-bond acceptors (Lipinski definition) is 2. The van der Waals surface area contributed by atoms with Gasteiger partial charge in [-0.3, -0.25) is 9.89 Å². The summed E-state index contributed by atoms with van der Waals surface area (Å²) in [4.78, 5) is 11.4.